The average Bonchev–Trinajstić information content (AvgIpc) is 3.00. The quantitative estimate of drug-likeness (QED) is 0.466. The molecule has 0 unspecified atom stereocenters. The first-order chi connectivity index (χ1) is 13.3. The summed E-state index contributed by atoms with van der Waals surface area (Å²) in [7, 11) is 1.71. The minimum atomic E-state index is -1.11. The monoisotopic (exact) mass is 405 g/mol. The van der Waals surface area contributed by atoms with E-state index in [0.29, 0.717) is 28.6 Å². The van der Waals surface area contributed by atoms with Crippen molar-refractivity contribution in [1.29, 1.82) is 0 Å². The molecular weight excluding hydrogens is 386 g/mol. The lowest BCUT2D eigenvalue weighted by molar-refractivity contribution is 0.0697. The summed E-state index contributed by atoms with van der Waals surface area (Å²) in [5, 5.41) is 33.0. The van der Waals surface area contributed by atoms with E-state index in [-0.39, 0.29) is 29.2 Å². The molecule has 10 nitrogen and oxygen atoms in total. The zero-order valence-corrected chi connectivity index (χ0v) is 16.3. The Hall–Kier alpha value is -2.98. The Morgan fingerprint density at radius 1 is 1.32 bits per heavy atom. The molecule has 0 saturated carbocycles. The number of anilines is 3. The number of hydrogen-bond donors (Lipinski definition) is 4. The standard InChI is InChI=1S/C17H20ClN7O3/c1-8(2)12(7-26)20-17-21-14(13-15(22-17)25(3)24-23-13)19-9-4-5-10(16(27)28)11(18)6-9/h4-6,8,12,26H,7H2,1-3H3,(H,27,28)(H2,19,20,21,22)/t12-/m0/s1. The number of aryl methyl sites for hydroxylation is 1. The van der Waals surface area contributed by atoms with Crippen molar-refractivity contribution < 1.29 is 15.0 Å². The van der Waals surface area contributed by atoms with Crippen LogP contribution in [0.25, 0.3) is 11.2 Å². The number of nitrogens with one attached hydrogen (secondary N) is 2. The molecule has 0 aliphatic heterocycles. The highest BCUT2D eigenvalue weighted by atomic mass is 35.5. The molecule has 11 heteroatoms. The van der Waals surface area contributed by atoms with E-state index in [1.165, 1.54) is 16.8 Å². The minimum absolute atomic E-state index is 0.00429. The number of carboxylic acid groups (broad SMARTS) is 1. The van der Waals surface area contributed by atoms with Crippen LogP contribution in [0.1, 0.15) is 24.2 Å². The Labute approximate surface area is 165 Å². The van der Waals surface area contributed by atoms with Crippen molar-refractivity contribution in [2.75, 3.05) is 17.2 Å². The van der Waals surface area contributed by atoms with Crippen LogP contribution in [0.15, 0.2) is 18.2 Å². The normalized spacial score (nSPS) is 12.4. The molecule has 0 amide bonds. The summed E-state index contributed by atoms with van der Waals surface area (Å²) >= 11 is 6.04. The summed E-state index contributed by atoms with van der Waals surface area (Å²) in [5.74, 6) is -0.264. The summed E-state index contributed by atoms with van der Waals surface area (Å²) in [6, 6.07) is 4.25. The van der Waals surface area contributed by atoms with E-state index in [1.807, 2.05) is 13.8 Å². The Bertz CT molecular complexity index is 1020. The number of halogens is 1. The molecule has 0 bridgehead atoms. The SMILES string of the molecule is CC(C)[C@H](CO)Nc1nc(Nc2ccc(C(=O)O)c(Cl)c2)c2nnn(C)c2n1. The van der Waals surface area contributed by atoms with Gasteiger partial charge in [0.05, 0.1) is 23.2 Å². The van der Waals surface area contributed by atoms with Gasteiger partial charge >= 0.3 is 5.97 Å². The van der Waals surface area contributed by atoms with Gasteiger partial charge in [0.15, 0.2) is 17.0 Å². The van der Waals surface area contributed by atoms with Gasteiger partial charge in [0.2, 0.25) is 5.95 Å². The molecule has 28 heavy (non-hydrogen) atoms. The van der Waals surface area contributed by atoms with E-state index in [0.717, 1.165) is 0 Å². The zero-order valence-electron chi connectivity index (χ0n) is 15.5. The van der Waals surface area contributed by atoms with Crippen molar-refractivity contribution in [3.8, 4) is 0 Å². The van der Waals surface area contributed by atoms with Gasteiger partial charge in [0, 0.05) is 12.7 Å². The fourth-order valence-corrected chi connectivity index (χ4v) is 2.82. The molecule has 1 aromatic carbocycles. The fourth-order valence-electron chi connectivity index (χ4n) is 2.56. The van der Waals surface area contributed by atoms with E-state index in [1.54, 1.807) is 13.1 Å². The molecule has 0 spiro atoms. The van der Waals surface area contributed by atoms with Crippen molar-refractivity contribution in [3.63, 3.8) is 0 Å². The molecule has 0 saturated heterocycles. The second-order valence-electron chi connectivity index (χ2n) is 6.58. The highest BCUT2D eigenvalue weighted by molar-refractivity contribution is 6.33. The molecule has 3 rings (SSSR count). The molecule has 148 valence electrons. The molecule has 3 aromatic rings. The molecule has 0 radical (unpaired) electrons. The third kappa shape index (κ3) is 3.97. The number of nitrogens with zero attached hydrogens (tertiary/aromatic N) is 5. The predicted octanol–water partition coefficient (Wildman–Crippen LogP) is 2.28. The predicted molar refractivity (Wildman–Crippen MR) is 105 cm³/mol. The number of fused-ring (bicyclic) bond motifs is 1. The van der Waals surface area contributed by atoms with Crippen molar-refractivity contribution in [2.45, 2.75) is 19.9 Å². The summed E-state index contributed by atoms with van der Waals surface area (Å²) in [4.78, 5) is 20.0. The molecule has 0 fully saturated rings. The van der Waals surface area contributed by atoms with Gasteiger partial charge in [0.1, 0.15) is 0 Å². The smallest absolute Gasteiger partial charge is 0.337 e. The lowest BCUT2D eigenvalue weighted by Crippen LogP contribution is -2.30. The van der Waals surface area contributed by atoms with Crippen LogP contribution in [0.4, 0.5) is 17.5 Å². The highest BCUT2D eigenvalue weighted by Crippen LogP contribution is 2.27. The first-order valence-corrected chi connectivity index (χ1v) is 8.92. The van der Waals surface area contributed by atoms with Crippen molar-refractivity contribution >= 4 is 46.2 Å². The lowest BCUT2D eigenvalue weighted by Gasteiger charge is -2.20. The number of rotatable bonds is 7. The molecule has 4 N–H and O–H groups in total. The largest absolute Gasteiger partial charge is 0.478 e. The number of aromatic nitrogens is 5. The van der Waals surface area contributed by atoms with Gasteiger partial charge in [-0.3, -0.25) is 0 Å². The van der Waals surface area contributed by atoms with Gasteiger partial charge in [-0.25, -0.2) is 9.48 Å². The van der Waals surface area contributed by atoms with Crippen LogP contribution in [0.3, 0.4) is 0 Å². The van der Waals surface area contributed by atoms with Crippen LogP contribution in [-0.4, -0.2) is 53.8 Å². The molecule has 2 heterocycles. The van der Waals surface area contributed by atoms with Crippen LogP contribution in [0.5, 0.6) is 0 Å². The van der Waals surface area contributed by atoms with E-state index < -0.39 is 5.97 Å². The Balaban J connectivity index is 2.00. The first kappa shape index (κ1) is 19.8. The molecule has 1 atom stereocenters. The van der Waals surface area contributed by atoms with Crippen LogP contribution in [-0.2, 0) is 7.05 Å². The van der Waals surface area contributed by atoms with Crippen molar-refractivity contribution in [3.05, 3.63) is 28.8 Å². The average molecular weight is 406 g/mol. The van der Waals surface area contributed by atoms with E-state index in [9.17, 15) is 9.90 Å². The zero-order chi connectivity index (χ0) is 20.4. The minimum Gasteiger partial charge on any atom is -0.478 e. The lowest BCUT2D eigenvalue weighted by atomic mass is 10.1. The fraction of sp³-hybridized carbons (Fsp3) is 0.353. The number of aromatic carboxylic acids is 1. The van der Waals surface area contributed by atoms with Gasteiger partial charge in [-0.15, -0.1) is 5.10 Å². The summed E-state index contributed by atoms with van der Waals surface area (Å²) in [5.41, 5.74) is 1.48. The van der Waals surface area contributed by atoms with Crippen molar-refractivity contribution in [2.24, 2.45) is 13.0 Å². The number of hydrogen-bond acceptors (Lipinski definition) is 8. The van der Waals surface area contributed by atoms with Gasteiger partial charge in [0.25, 0.3) is 0 Å². The second-order valence-corrected chi connectivity index (χ2v) is 6.99. The van der Waals surface area contributed by atoms with Crippen LogP contribution in [0.2, 0.25) is 5.02 Å². The second kappa shape index (κ2) is 7.95. The molecular formula is C17H20ClN7O3. The summed E-state index contributed by atoms with van der Waals surface area (Å²) in [6.07, 6.45) is 0. The van der Waals surface area contributed by atoms with Gasteiger partial charge in [-0.1, -0.05) is 30.7 Å². The third-order valence-electron chi connectivity index (χ3n) is 4.23. The maximum Gasteiger partial charge on any atom is 0.337 e. The van der Waals surface area contributed by atoms with Crippen LogP contribution in [0, 0.1) is 5.92 Å². The third-order valence-corrected chi connectivity index (χ3v) is 4.54. The maximum atomic E-state index is 11.1. The van der Waals surface area contributed by atoms with Crippen LogP contribution < -0.4 is 10.6 Å². The topological polar surface area (TPSA) is 138 Å². The Morgan fingerprint density at radius 3 is 2.68 bits per heavy atom. The molecule has 0 aliphatic carbocycles. The number of carboxylic acids is 1. The Morgan fingerprint density at radius 2 is 2.07 bits per heavy atom. The number of carbonyl (C=O) groups is 1. The number of aliphatic hydroxyl groups excluding tert-OH is 1. The van der Waals surface area contributed by atoms with E-state index in [2.05, 4.69) is 30.9 Å². The first-order valence-electron chi connectivity index (χ1n) is 8.54. The van der Waals surface area contributed by atoms with E-state index in [4.69, 9.17) is 16.7 Å². The number of aliphatic hydroxyl groups is 1. The Kier molecular flexibility index (Phi) is 5.61. The maximum absolute atomic E-state index is 11.1. The van der Waals surface area contributed by atoms with Gasteiger partial charge < -0.3 is 20.8 Å². The van der Waals surface area contributed by atoms with Crippen molar-refractivity contribution in [1.82, 2.24) is 25.0 Å². The molecule has 0 aliphatic rings. The summed E-state index contributed by atoms with van der Waals surface area (Å²) < 4.78 is 1.51. The summed E-state index contributed by atoms with van der Waals surface area (Å²) in [6.45, 7) is 3.88. The van der Waals surface area contributed by atoms with E-state index >= 15 is 0 Å². The highest BCUT2D eigenvalue weighted by Gasteiger charge is 2.18. The van der Waals surface area contributed by atoms with Gasteiger partial charge in [-0.05, 0) is 24.1 Å². The molecule has 2 aromatic heterocycles. The van der Waals surface area contributed by atoms with Gasteiger partial charge in [-0.2, -0.15) is 9.97 Å². The van der Waals surface area contributed by atoms with Crippen LogP contribution >= 0.6 is 11.6 Å². The number of benzene rings is 1.